The molecule has 2 N–H and O–H groups in total. The number of anilines is 1. The summed E-state index contributed by atoms with van der Waals surface area (Å²) in [5, 5.41) is 9.07. The summed E-state index contributed by atoms with van der Waals surface area (Å²) in [7, 11) is 0. The summed E-state index contributed by atoms with van der Waals surface area (Å²) >= 11 is 0. The second-order valence-corrected chi connectivity index (χ2v) is 4.25. The van der Waals surface area contributed by atoms with Crippen molar-refractivity contribution in [2.75, 3.05) is 5.73 Å². The van der Waals surface area contributed by atoms with Crippen LogP contribution in [0.3, 0.4) is 0 Å². The van der Waals surface area contributed by atoms with Crippen LogP contribution < -0.4 is 10.5 Å². The highest BCUT2D eigenvalue weighted by Gasteiger charge is 2.07. The number of nitrogens with zero attached hydrogens (tertiary/aromatic N) is 1. The maximum atomic E-state index is 9.07. The number of hydrogen-bond acceptors (Lipinski definition) is 3. The van der Waals surface area contributed by atoms with E-state index < -0.39 is 0 Å². The van der Waals surface area contributed by atoms with E-state index in [9.17, 15) is 0 Å². The van der Waals surface area contributed by atoms with Crippen LogP contribution in [0.25, 0.3) is 0 Å². The molecular weight excluding hydrogens is 224 g/mol. The Bertz CT molecular complexity index is 627. The van der Waals surface area contributed by atoms with E-state index in [2.05, 4.69) is 6.07 Å². The Morgan fingerprint density at radius 1 is 1.00 bits per heavy atom. The Hall–Kier alpha value is -2.47. The summed E-state index contributed by atoms with van der Waals surface area (Å²) in [4.78, 5) is 0. The maximum absolute atomic E-state index is 9.07. The molecule has 0 radical (unpaired) electrons. The van der Waals surface area contributed by atoms with Crippen LogP contribution in [0.15, 0.2) is 36.4 Å². The number of hydrogen-bond donors (Lipinski definition) is 1. The van der Waals surface area contributed by atoms with Crippen molar-refractivity contribution in [2.24, 2.45) is 0 Å². The molecule has 2 aromatic carbocycles. The fourth-order valence-electron chi connectivity index (χ4n) is 1.70. The van der Waals surface area contributed by atoms with Gasteiger partial charge in [-0.3, -0.25) is 0 Å². The topological polar surface area (TPSA) is 59.0 Å². The normalized spacial score (nSPS) is 9.83. The Morgan fingerprint density at radius 3 is 2.22 bits per heavy atom. The number of aryl methyl sites for hydroxylation is 2. The quantitative estimate of drug-likeness (QED) is 0.814. The van der Waals surface area contributed by atoms with Crippen molar-refractivity contribution in [2.45, 2.75) is 13.8 Å². The van der Waals surface area contributed by atoms with Gasteiger partial charge in [0, 0.05) is 0 Å². The molecule has 2 rings (SSSR count). The third-order valence-corrected chi connectivity index (χ3v) is 2.64. The monoisotopic (exact) mass is 238 g/mol. The molecule has 2 aromatic rings. The van der Waals surface area contributed by atoms with E-state index >= 15 is 0 Å². The van der Waals surface area contributed by atoms with Gasteiger partial charge in [0.15, 0.2) is 0 Å². The van der Waals surface area contributed by atoms with Gasteiger partial charge in [0.2, 0.25) is 0 Å². The van der Waals surface area contributed by atoms with E-state index in [1.165, 1.54) is 0 Å². The summed E-state index contributed by atoms with van der Waals surface area (Å²) in [5.74, 6) is 1.10. The van der Waals surface area contributed by atoms with Gasteiger partial charge < -0.3 is 10.5 Å². The lowest BCUT2D eigenvalue weighted by atomic mass is 10.1. The standard InChI is InChI=1S/C15H14N2O/c1-10-3-5-14(12(7-10)9-16)18-15-6-4-11(2)8-13(15)17/h3-8H,17H2,1-2H3. The van der Waals surface area contributed by atoms with Crippen LogP contribution in [0.5, 0.6) is 11.5 Å². The van der Waals surface area contributed by atoms with Crippen LogP contribution in [0.1, 0.15) is 16.7 Å². The zero-order valence-electron chi connectivity index (χ0n) is 10.4. The molecule has 0 atom stereocenters. The lowest BCUT2D eigenvalue weighted by Crippen LogP contribution is -1.94. The molecule has 0 heterocycles. The first kappa shape index (κ1) is 12.0. The van der Waals surface area contributed by atoms with Crippen LogP contribution in [0.4, 0.5) is 5.69 Å². The third-order valence-electron chi connectivity index (χ3n) is 2.64. The van der Waals surface area contributed by atoms with E-state index in [1.54, 1.807) is 12.1 Å². The molecule has 0 saturated carbocycles. The molecule has 18 heavy (non-hydrogen) atoms. The SMILES string of the molecule is Cc1ccc(Oc2ccc(C)cc2C#N)c(N)c1. The fraction of sp³-hybridized carbons (Fsp3) is 0.133. The first-order valence-electron chi connectivity index (χ1n) is 5.65. The predicted molar refractivity (Wildman–Crippen MR) is 71.6 cm³/mol. The van der Waals surface area contributed by atoms with Gasteiger partial charge in [-0.15, -0.1) is 0 Å². The Kier molecular flexibility index (Phi) is 3.20. The molecule has 0 spiro atoms. The van der Waals surface area contributed by atoms with E-state index in [0.717, 1.165) is 11.1 Å². The van der Waals surface area contributed by atoms with Crippen LogP contribution >= 0.6 is 0 Å². The van der Waals surface area contributed by atoms with Crippen LogP contribution in [-0.2, 0) is 0 Å². The van der Waals surface area contributed by atoms with Crippen molar-refractivity contribution < 1.29 is 4.74 Å². The number of ether oxygens (including phenoxy) is 1. The molecule has 3 heteroatoms. The van der Waals surface area contributed by atoms with E-state index in [0.29, 0.717) is 22.7 Å². The van der Waals surface area contributed by atoms with Gasteiger partial charge in [0.1, 0.15) is 17.6 Å². The number of nitrogens with two attached hydrogens (primary N) is 1. The largest absolute Gasteiger partial charge is 0.454 e. The Balaban J connectivity index is 2.37. The molecule has 0 aromatic heterocycles. The molecule has 0 aliphatic rings. The zero-order chi connectivity index (χ0) is 13.1. The molecule has 90 valence electrons. The zero-order valence-corrected chi connectivity index (χ0v) is 10.4. The van der Waals surface area contributed by atoms with E-state index in [4.69, 9.17) is 15.7 Å². The molecule has 0 amide bonds. The van der Waals surface area contributed by atoms with Crippen LogP contribution in [0, 0.1) is 25.2 Å². The van der Waals surface area contributed by atoms with Crippen LogP contribution in [0.2, 0.25) is 0 Å². The van der Waals surface area contributed by atoms with Crippen molar-refractivity contribution in [3.8, 4) is 17.6 Å². The van der Waals surface area contributed by atoms with Crippen molar-refractivity contribution in [3.63, 3.8) is 0 Å². The smallest absolute Gasteiger partial charge is 0.150 e. The highest BCUT2D eigenvalue weighted by Crippen LogP contribution is 2.30. The molecule has 0 saturated heterocycles. The van der Waals surface area contributed by atoms with Crippen molar-refractivity contribution in [1.29, 1.82) is 5.26 Å². The van der Waals surface area contributed by atoms with Gasteiger partial charge in [-0.1, -0.05) is 12.1 Å². The minimum atomic E-state index is 0.509. The van der Waals surface area contributed by atoms with E-state index in [-0.39, 0.29) is 0 Å². The van der Waals surface area contributed by atoms with Crippen molar-refractivity contribution in [1.82, 2.24) is 0 Å². The van der Waals surface area contributed by atoms with Gasteiger partial charge in [-0.05, 0) is 49.2 Å². The van der Waals surface area contributed by atoms with E-state index in [1.807, 2.05) is 38.1 Å². The molecule has 0 aliphatic heterocycles. The lowest BCUT2D eigenvalue weighted by molar-refractivity contribution is 0.483. The summed E-state index contributed by atoms with van der Waals surface area (Å²) in [6.45, 7) is 3.90. The van der Waals surface area contributed by atoms with Gasteiger partial charge >= 0.3 is 0 Å². The molecule has 3 nitrogen and oxygen atoms in total. The lowest BCUT2D eigenvalue weighted by Gasteiger charge is -2.10. The molecule has 0 bridgehead atoms. The second-order valence-electron chi connectivity index (χ2n) is 4.25. The minimum Gasteiger partial charge on any atom is -0.454 e. The third kappa shape index (κ3) is 2.44. The molecule has 0 aliphatic carbocycles. The van der Waals surface area contributed by atoms with Crippen molar-refractivity contribution in [3.05, 3.63) is 53.1 Å². The summed E-state index contributed by atoms with van der Waals surface area (Å²) in [6.07, 6.45) is 0. The first-order valence-corrected chi connectivity index (χ1v) is 5.65. The number of rotatable bonds is 2. The molecular formula is C15H14N2O. The molecule has 0 unspecified atom stereocenters. The number of nitrogen functional groups attached to an aromatic ring is 1. The number of benzene rings is 2. The summed E-state index contributed by atoms with van der Waals surface area (Å²) in [5.41, 5.74) is 9.06. The van der Waals surface area contributed by atoms with Gasteiger partial charge in [0.05, 0.1) is 11.3 Å². The summed E-state index contributed by atoms with van der Waals surface area (Å²) < 4.78 is 5.69. The minimum absolute atomic E-state index is 0.509. The van der Waals surface area contributed by atoms with Gasteiger partial charge in [0.25, 0.3) is 0 Å². The second kappa shape index (κ2) is 4.80. The Morgan fingerprint density at radius 2 is 1.61 bits per heavy atom. The first-order chi connectivity index (χ1) is 8.60. The average molecular weight is 238 g/mol. The average Bonchev–Trinajstić information content (AvgIpc) is 2.34. The highest BCUT2D eigenvalue weighted by atomic mass is 16.5. The molecule has 0 fully saturated rings. The summed E-state index contributed by atoms with van der Waals surface area (Å²) in [6, 6.07) is 13.2. The van der Waals surface area contributed by atoms with Gasteiger partial charge in [-0.25, -0.2) is 0 Å². The predicted octanol–water partition coefficient (Wildman–Crippen LogP) is 3.55. The van der Waals surface area contributed by atoms with Crippen LogP contribution in [-0.4, -0.2) is 0 Å². The highest BCUT2D eigenvalue weighted by molar-refractivity contribution is 5.57. The van der Waals surface area contributed by atoms with Crippen molar-refractivity contribution >= 4 is 5.69 Å². The maximum Gasteiger partial charge on any atom is 0.150 e. The van der Waals surface area contributed by atoms with Gasteiger partial charge in [-0.2, -0.15) is 5.26 Å². The Labute approximate surface area is 106 Å². The fourth-order valence-corrected chi connectivity index (χ4v) is 1.70. The number of nitriles is 1.